The van der Waals surface area contributed by atoms with Crippen molar-refractivity contribution in [3.8, 4) is 6.07 Å². The molecule has 2 unspecified atom stereocenters. The molecule has 0 aromatic carbocycles. The molecule has 2 aliphatic heterocycles. The minimum Gasteiger partial charge on any atom is -0.870 e. The van der Waals surface area contributed by atoms with Gasteiger partial charge in [0.15, 0.2) is 18.8 Å². The van der Waals surface area contributed by atoms with Gasteiger partial charge in [0.1, 0.15) is 6.07 Å². The number of nitrogens with two attached hydrogens (primary N) is 1. The summed E-state index contributed by atoms with van der Waals surface area (Å²) < 4.78 is 48.3. The number of nitrogens with zero attached hydrogens (tertiary/aromatic N) is 1. The van der Waals surface area contributed by atoms with Gasteiger partial charge < -0.3 is 58.9 Å². The predicted molar refractivity (Wildman–Crippen MR) is 254 cm³/mol. The second kappa shape index (κ2) is 40.9. The van der Waals surface area contributed by atoms with E-state index in [1.807, 2.05) is 13.8 Å². The second-order valence-electron chi connectivity index (χ2n) is 16.5. The standard InChI is InChI=1S/C22H42Cl3NO5.C20H40O5.C2Cl3N.K.H2O/c1-6-7-8-9-10-11-17(28-5)12-13-29-19-15(2)18(14-27-4)30-20(16(19)3)31-21(26)22(23,24)25;1-6-7-8-9-10-11-17(23-5)12-13-24-19-15(2)18(14-22-4)25-20(21)16(19)3;3-2(4,5)1-6;;/h15-21H,6-14,26H2,1-5H3;15-21H,6-14H2,1-5H3;;;1H2/q;;;+1;/p-1/t15-,16-,17-,18-,19+,20?,21-;15-,16-,17-,18-,19+,20?;;;/m11.../s1. The Balaban J connectivity index is -0.00000102. The maximum absolute atomic E-state index is 10.1. The van der Waals surface area contributed by atoms with Crippen LogP contribution in [0.3, 0.4) is 0 Å². The Morgan fingerprint density at radius 3 is 1.39 bits per heavy atom. The van der Waals surface area contributed by atoms with E-state index < -0.39 is 26.4 Å². The zero-order chi connectivity index (χ0) is 47.3. The van der Waals surface area contributed by atoms with E-state index in [9.17, 15) is 5.11 Å². The fraction of sp³-hybridized carbons (Fsp3) is 0.977. The zero-order valence-electron chi connectivity index (χ0n) is 40.6. The molecule has 13 atom stereocenters. The van der Waals surface area contributed by atoms with E-state index in [1.54, 1.807) is 28.4 Å². The molecule has 0 aromatic heterocycles. The van der Waals surface area contributed by atoms with E-state index >= 15 is 0 Å². The summed E-state index contributed by atoms with van der Waals surface area (Å²) in [5, 5.41) is 17.9. The number of halogens is 6. The molecule has 0 amide bonds. The van der Waals surface area contributed by atoms with Gasteiger partial charge in [-0.05, 0) is 25.7 Å². The third kappa shape index (κ3) is 31.0. The Morgan fingerprint density at radius 2 is 1.03 bits per heavy atom. The zero-order valence-corrected chi connectivity index (χ0v) is 48.3. The molecule has 0 spiro atoms. The molecule has 2 saturated heterocycles. The van der Waals surface area contributed by atoms with Crippen molar-refractivity contribution in [3.05, 3.63) is 0 Å². The monoisotopic (exact) mass is 1060 g/mol. The molecule has 0 aromatic rings. The maximum atomic E-state index is 10.1. The van der Waals surface area contributed by atoms with E-state index in [4.69, 9.17) is 123 Å². The molecule has 64 heavy (non-hydrogen) atoms. The molecule has 2 rings (SSSR count). The number of unbranched alkanes of at least 4 members (excludes halogenated alkanes) is 8. The van der Waals surface area contributed by atoms with Gasteiger partial charge in [-0.1, -0.05) is 175 Å². The van der Waals surface area contributed by atoms with Crippen LogP contribution in [0.4, 0.5) is 0 Å². The van der Waals surface area contributed by atoms with Gasteiger partial charge in [-0.25, -0.2) is 0 Å². The molecule has 0 bridgehead atoms. The molecule has 13 nitrogen and oxygen atoms in total. The molecule has 20 heteroatoms. The topological polar surface area (TPSA) is 183 Å². The third-order valence-corrected chi connectivity index (χ3v) is 12.5. The summed E-state index contributed by atoms with van der Waals surface area (Å²) in [4.78, 5) is 0. The third-order valence-electron chi connectivity index (χ3n) is 11.6. The first-order chi connectivity index (χ1) is 29.3. The minimum atomic E-state index is -1.75. The van der Waals surface area contributed by atoms with Gasteiger partial charge in [-0.2, -0.15) is 5.26 Å². The van der Waals surface area contributed by atoms with Crippen molar-refractivity contribution in [1.82, 2.24) is 0 Å². The van der Waals surface area contributed by atoms with Crippen LogP contribution < -0.4 is 57.1 Å². The van der Waals surface area contributed by atoms with Crippen molar-refractivity contribution >= 4 is 69.6 Å². The van der Waals surface area contributed by atoms with Crippen molar-refractivity contribution in [2.45, 2.75) is 194 Å². The first-order valence-corrected chi connectivity index (χ1v) is 24.7. The van der Waals surface area contributed by atoms with Crippen molar-refractivity contribution < 1.29 is 105 Å². The molecule has 0 aliphatic carbocycles. The number of aliphatic hydroxyl groups is 1. The van der Waals surface area contributed by atoms with Crippen LogP contribution in [0, 0.1) is 35.0 Å². The number of methoxy groups -OCH3 is 4. The first kappa shape index (κ1) is 70.6. The molecular formula is C44H83Cl6KN2O11. The Morgan fingerprint density at radius 1 is 0.641 bits per heavy atom. The van der Waals surface area contributed by atoms with Crippen LogP contribution in [0.5, 0.6) is 0 Å². The van der Waals surface area contributed by atoms with Gasteiger partial charge >= 0.3 is 51.4 Å². The molecule has 4 N–H and O–H groups in total. The Labute approximate surface area is 459 Å². The maximum Gasteiger partial charge on any atom is 1.00 e. The smallest absolute Gasteiger partial charge is 0.870 e. The van der Waals surface area contributed by atoms with Gasteiger partial charge in [0.05, 0.1) is 49.8 Å². The summed E-state index contributed by atoms with van der Waals surface area (Å²) >= 11 is 32.3. The van der Waals surface area contributed by atoms with Crippen LogP contribution in [0.15, 0.2) is 0 Å². The van der Waals surface area contributed by atoms with Crippen LogP contribution >= 0.6 is 69.6 Å². The number of hydrogen-bond acceptors (Lipinski definition) is 13. The first-order valence-electron chi connectivity index (χ1n) is 22.5. The van der Waals surface area contributed by atoms with Gasteiger partial charge in [0, 0.05) is 65.3 Å². The minimum absolute atomic E-state index is 0. The fourth-order valence-electron chi connectivity index (χ4n) is 7.62. The number of hydrogen-bond donors (Lipinski definition) is 2. The van der Waals surface area contributed by atoms with Gasteiger partial charge in [-0.15, -0.1) is 0 Å². The number of aliphatic hydroxyl groups excluding tert-OH is 1. The summed E-state index contributed by atoms with van der Waals surface area (Å²) in [6.07, 6.45) is 14.0. The van der Waals surface area contributed by atoms with Gasteiger partial charge in [-0.3, -0.25) is 0 Å². The van der Waals surface area contributed by atoms with Crippen molar-refractivity contribution in [1.29, 1.82) is 5.26 Å². The van der Waals surface area contributed by atoms with Crippen LogP contribution in [-0.2, 0) is 42.6 Å². The predicted octanol–water partition coefficient (Wildman–Crippen LogP) is 7.93. The van der Waals surface area contributed by atoms with Crippen LogP contribution in [-0.4, -0.2) is 128 Å². The van der Waals surface area contributed by atoms with Gasteiger partial charge in [0.2, 0.25) is 3.79 Å². The van der Waals surface area contributed by atoms with Crippen molar-refractivity contribution in [3.63, 3.8) is 0 Å². The summed E-state index contributed by atoms with van der Waals surface area (Å²) in [5.41, 5.74) is 5.89. The number of alkyl halides is 6. The molecule has 0 radical (unpaired) electrons. The second-order valence-corrected chi connectivity index (χ2v) is 21.2. The number of rotatable bonds is 28. The molecule has 2 fully saturated rings. The normalized spacial score (nSPS) is 27.3. The molecule has 0 saturated carbocycles. The summed E-state index contributed by atoms with van der Waals surface area (Å²) in [6.45, 7) is 14.8. The summed E-state index contributed by atoms with van der Waals surface area (Å²) in [6, 6.07) is 1.40. The quantitative estimate of drug-likeness (QED) is 0.0334. The summed E-state index contributed by atoms with van der Waals surface area (Å²) in [5.74, 6) is 0.150. The summed E-state index contributed by atoms with van der Waals surface area (Å²) in [7, 11) is 6.85. The van der Waals surface area contributed by atoms with Crippen LogP contribution in [0.25, 0.3) is 0 Å². The van der Waals surface area contributed by atoms with E-state index in [0.29, 0.717) is 26.4 Å². The molecule has 2 aliphatic rings. The Bertz CT molecular complexity index is 1130. The van der Waals surface area contributed by atoms with Crippen LogP contribution in [0.2, 0.25) is 0 Å². The molecule has 2 heterocycles. The van der Waals surface area contributed by atoms with Crippen LogP contribution in [0.1, 0.15) is 131 Å². The van der Waals surface area contributed by atoms with Crippen molar-refractivity contribution in [2.24, 2.45) is 29.4 Å². The largest absolute Gasteiger partial charge is 1.00 e. The van der Waals surface area contributed by atoms with E-state index in [2.05, 4.69) is 27.7 Å². The molecule has 378 valence electrons. The Kier molecular flexibility index (Phi) is 45.2. The average molecular weight is 1070 g/mol. The van der Waals surface area contributed by atoms with E-state index in [1.165, 1.54) is 70.3 Å². The SMILES string of the molecule is CCCCCCC[C@H](CCO[C@H]1[C@H](C)[C@@H](COC)OC(O)[C@@H]1C)OC.CCCCCCC[C@H](CCO[C@H]1[C@H](C)[C@@H](COC)OC(O[C@@H](N)C(Cl)(Cl)Cl)[C@@H]1C)OC.N#CC(Cl)(Cl)Cl.[K+].[OH-]. The van der Waals surface area contributed by atoms with E-state index in [-0.39, 0.29) is 117 Å². The number of nitriles is 1. The Hall–Kier alpha value is 2.39. The van der Waals surface area contributed by atoms with E-state index in [0.717, 1.165) is 25.7 Å². The fourth-order valence-corrected chi connectivity index (χ4v) is 7.78. The number of ether oxygens (including phenoxy) is 9. The average Bonchev–Trinajstić information content (AvgIpc) is 3.22. The molecular weight excluding hydrogens is 984 g/mol. The van der Waals surface area contributed by atoms with Gasteiger partial charge in [0.25, 0.3) is 3.79 Å². The van der Waals surface area contributed by atoms with Crippen molar-refractivity contribution in [2.75, 3.05) is 54.9 Å².